The minimum atomic E-state index is -1.03. The molecule has 5 nitrogen and oxygen atoms in total. The second-order valence-electron chi connectivity index (χ2n) is 7.08. The Morgan fingerprint density at radius 1 is 1.40 bits per heavy atom. The summed E-state index contributed by atoms with van der Waals surface area (Å²) in [5, 5.41) is 0. The van der Waals surface area contributed by atoms with Gasteiger partial charge in [-0.3, -0.25) is 9.69 Å². The van der Waals surface area contributed by atoms with E-state index in [1.165, 1.54) is 4.90 Å². The Bertz CT molecular complexity index is 847. The van der Waals surface area contributed by atoms with E-state index in [1.54, 1.807) is 7.05 Å². The molecule has 1 aromatic rings. The van der Waals surface area contributed by atoms with Crippen molar-refractivity contribution in [1.82, 2.24) is 4.90 Å². The summed E-state index contributed by atoms with van der Waals surface area (Å²) in [5.74, 6) is 1.01. The number of aliphatic imine (C=N–C) groups is 1. The molecule has 2 aliphatic heterocycles. The number of nitrogens with zero attached hydrogens (tertiary/aromatic N) is 2. The molecule has 4 rings (SSSR count). The van der Waals surface area contributed by atoms with Gasteiger partial charge in [0.1, 0.15) is 11.4 Å². The van der Waals surface area contributed by atoms with E-state index >= 15 is 0 Å². The summed E-state index contributed by atoms with van der Waals surface area (Å²) in [6.07, 6.45) is 9.67. The molecule has 130 valence electrons. The van der Waals surface area contributed by atoms with Gasteiger partial charge in [-0.15, -0.1) is 0 Å². The van der Waals surface area contributed by atoms with Crippen LogP contribution in [0, 0.1) is 5.92 Å². The predicted octanol–water partition coefficient (Wildman–Crippen LogP) is 3.10. The molecule has 0 radical (unpaired) electrons. The van der Waals surface area contributed by atoms with Gasteiger partial charge in [-0.1, -0.05) is 40.2 Å². The van der Waals surface area contributed by atoms with Gasteiger partial charge in [0.2, 0.25) is 0 Å². The Labute approximate surface area is 155 Å². The van der Waals surface area contributed by atoms with Crippen LogP contribution >= 0.6 is 15.9 Å². The normalized spacial score (nSPS) is 33.4. The van der Waals surface area contributed by atoms with Crippen LogP contribution in [0.1, 0.15) is 25.3 Å². The maximum Gasteiger partial charge on any atom is 0.261 e. The van der Waals surface area contributed by atoms with E-state index in [-0.39, 0.29) is 17.8 Å². The molecular formula is C19H20BrN3O2. The van der Waals surface area contributed by atoms with Crippen LogP contribution in [0.15, 0.2) is 52.0 Å². The number of hydrogen-bond acceptors (Lipinski definition) is 4. The van der Waals surface area contributed by atoms with Gasteiger partial charge in [-0.25, -0.2) is 4.99 Å². The Morgan fingerprint density at radius 3 is 2.84 bits per heavy atom. The summed E-state index contributed by atoms with van der Waals surface area (Å²) in [6.45, 7) is 2.06. The Kier molecular flexibility index (Phi) is 3.58. The molecule has 0 aromatic heterocycles. The van der Waals surface area contributed by atoms with Crippen LogP contribution in [0.2, 0.25) is 0 Å². The lowest BCUT2D eigenvalue weighted by atomic mass is 9.70. The first-order valence-electron chi connectivity index (χ1n) is 8.32. The molecule has 1 spiro atoms. The third kappa shape index (κ3) is 2.34. The number of amides is 1. The van der Waals surface area contributed by atoms with Crippen molar-refractivity contribution in [1.29, 1.82) is 0 Å². The lowest BCUT2D eigenvalue weighted by Crippen LogP contribution is -2.53. The number of hydrogen-bond donors (Lipinski definition) is 1. The molecule has 0 saturated heterocycles. The maximum absolute atomic E-state index is 13.2. The molecule has 0 fully saturated rings. The molecule has 1 unspecified atom stereocenters. The topological polar surface area (TPSA) is 67.9 Å². The number of nitrogens with two attached hydrogens (primary N) is 1. The fourth-order valence-electron chi connectivity index (χ4n) is 4.04. The first kappa shape index (κ1) is 16.4. The molecule has 0 bridgehead atoms. The summed E-state index contributed by atoms with van der Waals surface area (Å²) in [7, 11) is 1.67. The minimum Gasteiger partial charge on any atom is -0.486 e. The zero-order chi connectivity index (χ0) is 17.8. The van der Waals surface area contributed by atoms with E-state index in [0.717, 1.165) is 16.5 Å². The molecule has 3 aliphatic rings. The highest BCUT2D eigenvalue weighted by Crippen LogP contribution is 2.52. The summed E-state index contributed by atoms with van der Waals surface area (Å²) >= 11 is 3.50. The standard InChI is InChI=1S/C19H20BrN3O2/c1-18(12-6-4-3-5-7-12)11-19(16(24)23(2)17(21)22-19)14-10-13(20)8-9-15(14)25-18/h3-6,8-10,12H,7,11H2,1-2H3,(H2,21,22)/t12?,18-,19+/m1/s1. The van der Waals surface area contributed by atoms with E-state index < -0.39 is 11.1 Å². The van der Waals surface area contributed by atoms with Crippen LogP contribution in [-0.2, 0) is 10.3 Å². The third-order valence-electron chi connectivity index (χ3n) is 5.41. The van der Waals surface area contributed by atoms with Crippen LogP contribution in [0.4, 0.5) is 0 Å². The van der Waals surface area contributed by atoms with Crippen molar-refractivity contribution in [3.63, 3.8) is 0 Å². The molecule has 6 heteroatoms. The largest absolute Gasteiger partial charge is 0.486 e. The van der Waals surface area contributed by atoms with Crippen molar-refractivity contribution in [2.45, 2.75) is 30.9 Å². The van der Waals surface area contributed by atoms with E-state index in [1.807, 2.05) is 30.4 Å². The van der Waals surface area contributed by atoms with Gasteiger partial charge in [0.25, 0.3) is 5.91 Å². The number of ether oxygens (including phenoxy) is 1. The van der Waals surface area contributed by atoms with Crippen molar-refractivity contribution >= 4 is 27.8 Å². The van der Waals surface area contributed by atoms with E-state index in [2.05, 4.69) is 40.0 Å². The number of carbonyl (C=O) groups is 1. The number of carbonyl (C=O) groups excluding carboxylic acids is 1. The summed E-state index contributed by atoms with van der Waals surface area (Å²) in [5.41, 5.74) is 5.21. The molecule has 1 aromatic carbocycles. The fraction of sp³-hybridized carbons (Fsp3) is 0.368. The van der Waals surface area contributed by atoms with Crippen molar-refractivity contribution < 1.29 is 9.53 Å². The highest BCUT2D eigenvalue weighted by molar-refractivity contribution is 9.10. The number of likely N-dealkylation sites (N-methyl/N-ethyl adjacent to an activating group) is 1. The zero-order valence-corrected chi connectivity index (χ0v) is 15.8. The van der Waals surface area contributed by atoms with Gasteiger partial charge in [-0.05, 0) is 31.5 Å². The first-order valence-corrected chi connectivity index (χ1v) is 9.11. The molecule has 2 heterocycles. The van der Waals surface area contributed by atoms with Gasteiger partial charge >= 0.3 is 0 Å². The number of benzene rings is 1. The zero-order valence-electron chi connectivity index (χ0n) is 14.2. The average molecular weight is 402 g/mol. The number of guanidine groups is 1. The first-order chi connectivity index (χ1) is 11.9. The molecule has 1 amide bonds. The number of fused-ring (bicyclic) bond motifs is 2. The summed E-state index contributed by atoms with van der Waals surface area (Å²) in [4.78, 5) is 19.2. The molecule has 1 aliphatic carbocycles. The van der Waals surface area contributed by atoms with Crippen LogP contribution in [0.25, 0.3) is 0 Å². The smallest absolute Gasteiger partial charge is 0.261 e. The molecular weight excluding hydrogens is 382 g/mol. The minimum absolute atomic E-state index is 0.103. The van der Waals surface area contributed by atoms with Crippen LogP contribution < -0.4 is 10.5 Å². The SMILES string of the molecule is CN1C(=O)[C@@]2(C[C@](C)(C3C=CC=CC3)Oc3ccc(Br)cc32)N=C1N. The Balaban J connectivity index is 1.89. The lowest BCUT2D eigenvalue weighted by molar-refractivity contribution is -0.134. The lowest BCUT2D eigenvalue weighted by Gasteiger charge is -2.46. The summed E-state index contributed by atoms with van der Waals surface area (Å²) in [6, 6.07) is 5.74. The third-order valence-corrected chi connectivity index (χ3v) is 5.90. The quantitative estimate of drug-likeness (QED) is 0.785. The second-order valence-corrected chi connectivity index (χ2v) is 8.00. The predicted molar refractivity (Wildman–Crippen MR) is 100 cm³/mol. The summed E-state index contributed by atoms with van der Waals surface area (Å²) < 4.78 is 7.32. The van der Waals surface area contributed by atoms with Crippen molar-refractivity contribution in [2.75, 3.05) is 7.05 Å². The van der Waals surface area contributed by atoms with Gasteiger partial charge in [0.15, 0.2) is 11.5 Å². The number of halogens is 1. The van der Waals surface area contributed by atoms with Gasteiger partial charge in [0, 0.05) is 29.4 Å². The Hall–Kier alpha value is -2.08. The van der Waals surface area contributed by atoms with Crippen molar-refractivity contribution in [3.05, 3.63) is 52.5 Å². The molecule has 2 N–H and O–H groups in total. The maximum atomic E-state index is 13.2. The molecule has 3 atom stereocenters. The van der Waals surface area contributed by atoms with Gasteiger partial charge in [-0.2, -0.15) is 0 Å². The molecule has 25 heavy (non-hydrogen) atoms. The van der Waals surface area contributed by atoms with Crippen LogP contribution in [0.5, 0.6) is 5.75 Å². The van der Waals surface area contributed by atoms with Gasteiger partial charge < -0.3 is 10.5 Å². The van der Waals surface area contributed by atoms with Crippen molar-refractivity contribution in [3.8, 4) is 5.75 Å². The number of allylic oxidation sites excluding steroid dienone is 3. The van der Waals surface area contributed by atoms with Crippen LogP contribution in [-0.4, -0.2) is 29.4 Å². The van der Waals surface area contributed by atoms with Crippen LogP contribution in [0.3, 0.4) is 0 Å². The second kappa shape index (κ2) is 5.46. The molecule has 0 saturated carbocycles. The monoisotopic (exact) mass is 401 g/mol. The average Bonchev–Trinajstić information content (AvgIpc) is 2.81. The highest BCUT2D eigenvalue weighted by atomic mass is 79.9. The van der Waals surface area contributed by atoms with E-state index in [9.17, 15) is 4.79 Å². The Morgan fingerprint density at radius 2 is 2.20 bits per heavy atom. The van der Waals surface area contributed by atoms with E-state index in [4.69, 9.17) is 10.5 Å². The van der Waals surface area contributed by atoms with E-state index in [0.29, 0.717) is 12.2 Å². The highest BCUT2D eigenvalue weighted by Gasteiger charge is 2.58. The van der Waals surface area contributed by atoms with Gasteiger partial charge in [0.05, 0.1) is 0 Å². The number of rotatable bonds is 1. The van der Waals surface area contributed by atoms with Crippen molar-refractivity contribution in [2.24, 2.45) is 16.6 Å². The fourth-order valence-corrected chi connectivity index (χ4v) is 4.40.